The van der Waals surface area contributed by atoms with E-state index < -0.39 is 0 Å². The van der Waals surface area contributed by atoms with Crippen LogP contribution in [0.25, 0.3) is 11.4 Å². The van der Waals surface area contributed by atoms with Gasteiger partial charge in [-0.3, -0.25) is 0 Å². The van der Waals surface area contributed by atoms with Gasteiger partial charge in [0.25, 0.3) is 0 Å². The molecule has 1 heterocycles. The van der Waals surface area contributed by atoms with E-state index in [2.05, 4.69) is 4.98 Å². The van der Waals surface area contributed by atoms with Crippen LogP contribution in [0.1, 0.15) is 0 Å². The fourth-order valence-corrected chi connectivity index (χ4v) is 1.24. The molecule has 0 N–H and O–H groups in total. The number of halogens is 1. The fraction of sp³-hybridized carbons (Fsp3) is 0.100. The van der Waals surface area contributed by atoms with Crippen LogP contribution >= 0.6 is 0 Å². The van der Waals surface area contributed by atoms with Gasteiger partial charge < -0.3 is 4.57 Å². The van der Waals surface area contributed by atoms with Crippen molar-refractivity contribution < 1.29 is 4.39 Å². The fourth-order valence-electron chi connectivity index (χ4n) is 1.24. The molecule has 0 saturated carbocycles. The lowest BCUT2D eigenvalue weighted by molar-refractivity contribution is 0.537. The lowest BCUT2D eigenvalue weighted by Crippen LogP contribution is -1.94. The number of rotatable bonds is 1. The van der Waals surface area contributed by atoms with Crippen molar-refractivity contribution in [2.45, 2.75) is 0 Å². The van der Waals surface area contributed by atoms with Crippen LogP contribution in [0, 0.1) is 5.95 Å². The Morgan fingerprint density at radius 2 is 1.92 bits per heavy atom. The van der Waals surface area contributed by atoms with E-state index in [1.165, 1.54) is 10.8 Å². The third-order valence-electron chi connectivity index (χ3n) is 1.96. The van der Waals surface area contributed by atoms with E-state index in [-0.39, 0.29) is 5.95 Å². The maximum absolute atomic E-state index is 12.9. The minimum atomic E-state index is -0.321. The molecule has 0 unspecified atom stereocenters. The quantitative estimate of drug-likeness (QED) is 0.651. The van der Waals surface area contributed by atoms with Gasteiger partial charge in [0.2, 0.25) is 5.95 Å². The van der Waals surface area contributed by atoms with Crippen molar-refractivity contribution in [1.82, 2.24) is 9.55 Å². The molecular formula is C10H9FN2. The topological polar surface area (TPSA) is 17.8 Å². The van der Waals surface area contributed by atoms with Crippen LogP contribution in [0.3, 0.4) is 0 Å². The molecular weight excluding hydrogens is 167 g/mol. The summed E-state index contributed by atoms with van der Waals surface area (Å²) in [4.78, 5) is 3.97. The molecule has 2 rings (SSSR count). The number of nitrogens with zero attached hydrogens (tertiary/aromatic N) is 2. The molecule has 0 radical (unpaired) electrons. The van der Waals surface area contributed by atoms with E-state index in [0.29, 0.717) is 5.82 Å². The summed E-state index contributed by atoms with van der Waals surface area (Å²) >= 11 is 0. The zero-order valence-corrected chi connectivity index (χ0v) is 7.24. The summed E-state index contributed by atoms with van der Waals surface area (Å²) in [6, 6.07) is 9.54. The number of imidazole rings is 1. The molecule has 66 valence electrons. The van der Waals surface area contributed by atoms with E-state index in [9.17, 15) is 4.39 Å². The first kappa shape index (κ1) is 7.98. The summed E-state index contributed by atoms with van der Waals surface area (Å²) in [6.07, 6.45) is 1.22. The summed E-state index contributed by atoms with van der Waals surface area (Å²) in [5.74, 6) is 0.331. The van der Waals surface area contributed by atoms with E-state index in [4.69, 9.17) is 0 Å². The number of benzene rings is 1. The standard InChI is InChI=1S/C10H9FN2/c1-13-9(11)7-12-10(13)8-5-3-2-4-6-8/h2-7H,1H3. The van der Waals surface area contributed by atoms with Gasteiger partial charge in [0.05, 0.1) is 6.20 Å². The highest BCUT2D eigenvalue weighted by Crippen LogP contribution is 2.16. The van der Waals surface area contributed by atoms with E-state index in [1.54, 1.807) is 7.05 Å². The molecule has 0 aliphatic carbocycles. The molecule has 13 heavy (non-hydrogen) atoms. The molecule has 0 bridgehead atoms. The summed E-state index contributed by atoms with van der Waals surface area (Å²) in [5, 5.41) is 0. The third kappa shape index (κ3) is 1.33. The van der Waals surface area contributed by atoms with Crippen molar-refractivity contribution in [3.05, 3.63) is 42.5 Å². The maximum atomic E-state index is 12.9. The third-order valence-corrected chi connectivity index (χ3v) is 1.96. The summed E-state index contributed by atoms with van der Waals surface area (Å²) in [5.41, 5.74) is 0.925. The Bertz CT molecular complexity index is 406. The lowest BCUT2D eigenvalue weighted by Gasteiger charge is -2.00. The second kappa shape index (κ2) is 3.01. The molecule has 0 spiro atoms. The maximum Gasteiger partial charge on any atom is 0.213 e. The first-order valence-corrected chi connectivity index (χ1v) is 4.01. The van der Waals surface area contributed by atoms with Gasteiger partial charge in [0.1, 0.15) is 5.82 Å². The SMILES string of the molecule is Cn1c(F)cnc1-c1ccccc1. The van der Waals surface area contributed by atoms with Crippen molar-refractivity contribution in [3.63, 3.8) is 0 Å². The van der Waals surface area contributed by atoms with Gasteiger partial charge >= 0.3 is 0 Å². The highest BCUT2D eigenvalue weighted by Gasteiger charge is 2.06. The van der Waals surface area contributed by atoms with Crippen LogP contribution in [0.4, 0.5) is 4.39 Å². The van der Waals surface area contributed by atoms with Gasteiger partial charge in [0, 0.05) is 12.6 Å². The summed E-state index contributed by atoms with van der Waals surface area (Å²) < 4.78 is 14.4. The Hall–Kier alpha value is -1.64. The summed E-state index contributed by atoms with van der Waals surface area (Å²) in [7, 11) is 1.66. The van der Waals surface area contributed by atoms with E-state index >= 15 is 0 Å². The largest absolute Gasteiger partial charge is 0.304 e. The van der Waals surface area contributed by atoms with Gasteiger partial charge in [-0.15, -0.1) is 0 Å². The molecule has 1 aromatic heterocycles. The average Bonchev–Trinajstić information content (AvgIpc) is 2.49. The second-order valence-electron chi connectivity index (χ2n) is 2.83. The smallest absolute Gasteiger partial charge is 0.213 e. The molecule has 0 aliphatic rings. The molecule has 2 aromatic rings. The van der Waals surface area contributed by atoms with Gasteiger partial charge in [-0.2, -0.15) is 4.39 Å². The number of aromatic nitrogens is 2. The molecule has 0 fully saturated rings. The number of hydrogen-bond acceptors (Lipinski definition) is 1. The Kier molecular flexibility index (Phi) is 1.85. The predicted molar refractivity (Wildman–Crippen MR) is 48.6 cm³/mol. The molecule has 0 aliphatic heterocycles. The van der Waals surface area contributed by atoms with Gasteiger partial charge in [0.15, 0.2) is 0 Å². The highest BCUT2D eigenvalue weighted by molar-refractivity contribution is 5.54. The predicted octanol–water partition coefficient (Wildman–Crippen LogP) is 2.23. The summed E-state index contributed by atoms with van der Waals surface area (Å²) in [6.45, 7) is 0. The van der Waals surface area contributed by atoms with Crippen molar-refractivity contribution in [1.29, 1.82) is 0 Å². The Balaban J connectivity index is 2.53. The highest BCUT2D eigenvalue weighted by atomic mass is 19.1. The van der Waals surface area contributed by atoms with Crippen molar-refractivity contribution >= 4 is 0 Å². The molecule has 2 nitrogen and oxygen atoms in total. The lowest BCUT2D eigenvalue weighted by atomic mass is 10.2. The van der Waals surface area contributed by atoms with Crippen molar-refractivity contribution in [3.8, 4) is 11.4 Å². The molecule has 0 saturated heterocycles. The van der Waals surface area contributed by atoms with Gasteiger partial charge in [-0.05, 0) is 0 Å². The zero-order valence-electron chi connectivity index (χ0n) is 7.24. The molecule has 3 heteroatoms. The van der Waals surface area contributed by atoms with Crippen molar-refractivity contribution in [2.75, 3.05) is 0 Å². The first-order valence-electron chi connectivity index (χ1n) is 4.01. The molecule has 1 aromatic carbocycles. The van der Waals surface area contributed by atoms with Crippen molar-refractivity contribution in [2.24, 2.45) is 7.05 Å². The normalized spacial score (nSPS) is 10.3. The van der Waals surface area contributed by atoms with E-state index in [0.717, 1.165) is 5.56 Å². The Labute approximate surface area is 75.7 Å². The Morgan fingerprint density at radius 3 is 2.46 bits per heavy atom. The van der Waals surface area contributed by atoms with E-state index in [1.807, 2.05) is 30.3 Å². The van der Waals surface area contributed by atoms with Crippen LogP contribution in [-0.2, 0) is 7.05 Å². The average molecular weight is 176 g/mol. The van der Waals surface area contributed by atoms with Crippen LogP contribution in [-0.4, -0.2) is 9.55 Å². The minimum absolute atomic E-state index is 0.321. The first-order chi connectivity index (χ1) is 6.29. The Morgan fingerprint density at radius 1 is 1.23 bits per heavy atom. The van der Waals surface area contributed by atoms with Crippen LogP contribution < -0.4 is 0 Å². The molecule has 0 atom stereocenters. The minimum Gasteiger partial charge on any atom is -0.304 e. The second-order valence-corrected chi connectivity index (χ2v) is 2.83. The van der Waals surface area contributed by atoms with Crippen LogP contribution in [0.15, 0.2) is 36.5 Å². The van der Waals surface area contributed by atoms with Gasteiger partial charge in [-0.25, -0.2) is 4.98 Å². The number of hydrogen-bond donors (Lipinski definition) is 0. The zero-order chi connectivity index (χ0) is 9.26. The monoisotopic (exact) mass is 176 g/mol. The van der Waals surface area contributed by atoms with Gasteiger partial charge in [-0.1, -0.05) is 30.3 Å². The van der Waals surface area contributed by atoms with Crippen LogP contribution in [0.5, 0.6) is 0 Å². The molecule has 0 amide bonds. The van der Waals surface area contributed by atoms with Crippen LogP contribution in [0.2, 0.25) is 0 Å².